The summed E-state index contributed by atoms with van der Waals surface area (Å²) in [7, 11) is 0. The van der Waals surface area contributed by atoms with Crippen molar-refractivity contribution in [1.29, 1.82) is 0 Å². The number of benzene rings is 11. The molecule has 1 heterocycles. The highest BCUT2D eigenvalue weighted by molar-refractivity contribution is 6.11. The fourth-order valence-corrected chi connectivity index (χ4v) is 9.29. The van der Waals surface area contributed by atoms with E-state index in [2.05, 4.69) is 143 Å². The maximum Gasteiger partial charge on any atom is 0.0645 e. The summed E-state index contributed by atoms with van der Waals surface area (Å²) in [6, 6.07) is 80.4. The first kappa shape index (κ1) is 33.9. The van der Waals surface area contributed by atoms with E-state index in [0.29, 0.717) is 5.56 Å². The molecule has 0 saturated heterocycles. The van der Waals surface area contributed by atoms with E-state index < -0.39 is 0 Å². The minimum atomic E-state index is -0.115. The third-order valence-corrected chi connectivity index (χ3v) is 12.4. The number of para-hydroxylation sites is 3. The van der Waals surface area contributed by atoms with Crippen LogP contribution in [0.1, 0.15) is 5.48 Å². The Hall–Kier alpha value is -8.66. The predicted molar refractivity (Wildman–Crippen MR) is 276 cm³/mol. The van der Waals surface area contributed by atoms with Crippen LogP contribution in [-0.4, -0.2) is 4.57 Å². The molecule has 0 radical (unpaired) electrons. The maximum absolute atomic E-state index is 9.52. The van der Waals surface area contributed by atoms with Crippen LogP contribution in [0.4, 0.5) is 34.1 Å². The predicted octanol–water partition coefficient (Wildman–Crippen LogP) is 17.4. The minimum absolute atomic E-state index is 0.0997. The van der Waals surface area contributed by atoms with Crippen molar-refractivity contribution in [3.05, 3.63) is 261 Å². The zero-order valence-electron chi connectivity index (χ0n) is 39.4. The van der Waals surface area contributed by atoms with Crippen molar-refractivity contribution in [2.24, 2.45) is 0 Å². The molecule has 11 aromatic carbocycles. The normalized spacial score (nSPS) is 12.2. The third kappa shape index (κ3) is 6.97. The van der Waals surface area contributed by atoms with Gasteiger partial charge in [0.1, 0.15) is 0 Å². The van der Waals surface area contributed by atoms with Gasteiger partial charge in [0.05, 0.1) is 22.2 Å². The van der Waals surface area contributed by atoms with Crippen LogP contribution in [0.3, 0.4) is 0 Å². The molecular weight excluding hydrogens is 787 g/mol. The SMILES string of the molecule is [2H]c1c([2H])c(N(c2ccccc2)c2cccc3ccccc23)c([2H])c([2H])c1-c1ccc2cc(N(c3ccc(-c4ccccc4)cc3)c3ccc4c(c3)c3ccccc3n4-c3ccccc3)ccc2c1. The number of nitrogens with zero attached hydrogens (tertiary/aromatic N) is 3. The van der Waals surface area contributed by atoms with E-state index in [1.807, 2.05) is 108 Å². The first-order chi connectivity index (χ1) is 33.9. The summed E-state index contributed by atoms with van der Waals surface area (Å²) in [4.78, 5) is 4.15. The van der Waals surface area contributed by atoms with E-state index >= 15 is 0 Å². The van der Waals surface area contributed by atoms with Gasteiger partial charge in [0.2, 0.25) is 0 Å². The average molecular weight is 834 g/mol. The molecule has 0 aliphatic carbocycles. The van der Waals surface area contributed by atoms with Crippen LogP contribution in [0.25, 0.3) is 71.3 Å². The van der Waals surface area contributed by atoms with Crippen molar-refractivity contribution in [3.8, 4) is 27.9 Å². The molecule has 3 nitrogen and oxygen atoms in total. The van der Waals surface area contributed by atoms with E-state index in [4.69, 9.17) is 0 Å². The van der Waals surface area contributed by atoms with Crippen molar-refractivity contribution >= 4 is 77.5 Å². The van der Waals surface area contributed by atoms with Crippen molar-refractivity contribution in [3.63, 3.8) is 0 Å². The number of hydrogen-bond donors (Lipinski definition) is 0. The van der Waals surface area contributed by atoms with Crippen LogP contribution in [0.5, 0.6) is 0 Å². The van der Waals surface area contributed by atoms with Gasteiger partial charge in [-0.1, -0.05) is 164 Å². The Morgan fingerprint density at radius 3 is 1.65 bits per heavy atom. The van der Waals surface area contributed by atoms with Gasteiger partial charge >= 0.3 is 0 Å². The van der Waals surface area contributed by atoms with E-state index in [9.17, 15) is 5.48 Å². The molecule has 3 heteroatoms. The summed E-state index contributed by atoms with van der Waals surface area (Å²) in [5.74, 6) is 0. The highest BCUT2D eigenvalue weighted by atomic mass is 15.1. The van der Waals surface area contributed by atoms with Crippen LogP contribution in [0.2, 0.25) is 0 Å². The molecule has 0 unspecified atom stereocenters. The van der Waals surface area contributed by atoms with Gasteiger partial charge in [-0.3, -0.25) is 0 Å². The van der Waals surface area contributed by atoms with Crippen LogP contribution in [0, 0.1) is 0 Å². The average Bonchev–Trinajstić information content (AvgIpc) is 3.74. The van der Waals surface area contributed by atoms with Gasteiger partial charge in [-0.05, 0) is 135 Å². The highest BCUT2D eigenvalue weighted by Gasteiger charge is 2.19. The lowest BCUT2D eigenvalue weighted by atomic mass is 9.99. The molecule has 0 bridgehead atoms. The Bertz CT molecular complexity index is 3860. The van der Waals surface area contributed by atoms with Gasteiger partial charge in [0.25, 0.3) is 0 Å². The number of aromatic nitrogens is 1. The van der Waals surface area contributed by atoms with Crippen molar-refractivity contribution in [2.75, 3.05) is 9.80 Å². The second-order valence-electron chi connectivity index (χ2n) is 16.3. The molecule has 0 fully saturated rings. The van der Waals surface area contributed by atoms with E-state index in [0.717, 1.165) is 83.2 Å². The van der Waals surface area contributed by atoms with Gasteiger partial charge in [-0.15, -0.1) is 0 Å². The Morgan fingerprint density at radius 2 is 0.846 bits per heavy atom. The molecule has 0 aliphatic heterocycles. The molecule has 65 heavy (non-hydrogen) atoms. The molecule has 0 amide bonds. The largest absolute Gasteiger partial charge is 0.310 e. The standard InChI is InChI=1S/C62H43N3/c1-4-15-44(16-5-1)45-29-34-53(35-30-45)63(56-39-40-62-59(43-56)58-24-12-13-25-61(58)65(62)52-21-8-3-9-22-52)55-38-33-49-41-48(27-28-50(49)42-55)46-31-36-54(37-32-46)64(51-19-6-2-7-20-51)60-26-14-18-47-17-10-11-23-57(47)60/h1-43H/i31D,32D,36D,37D. The molecule has 306 valence electrons. The second-order valence-corrected chi connectivity index (χ2v) is 16.3. The van der Waals surface area contributed by atoms with Crippen LogP contribution >= 0.6 is 0 Å². The third-order valence-electron chi connectivity index (χ3n) is 12.4. The van der Waals surface area contributed by atoms with Crippen LogP contribution in [0.15, 0.2) is 261 Å². The van der Waals surface area contributed by atoms with E-state index in [-0.39, 0.29) is 35.4 Å². The maximum atomic E-state index is 9.52. The van der Waals surface area contributed by atoms with Gasteiger partial charge in [0.15, 0.2) is 0 Å². The topological polar surface area (TPSA) is 11.4 Å². The molecule has 12 rings (SSSR count). The zero-order chi connectivity index (χ0) is 46.6. The lowest BCUT2D eigenvalue weighted by Crippen LogP contribution is -2.10. The van der Waals surface area contributed by atoms with Crippen molar-refractivity contribution in [1.82, 2.24) is 4.57 Å². The summed E-state index contributed by atoms with van der Waals surface area (Å²) >= 11 is 0. The molecule has 0 atom stereocenters. The van der Waals surface area contributed by atoms with Crippen molar-refractivity contribution in [2.45, 2.75) is 0 Å². The first-order valence-corrected chi connectivity index (χ1v) is 21.9. The number of hydrogen-bond acceptors (Lipinski definition) is 2. The summed E-state index contributed by atoms with van der Waals surface area (Å²) in [6.45, 7) is 0. The zero-order valence-corrected chi connectivity index (χ0v) is 35.4. The fourth-order valence-electron chi connectivity index (χ4n) is 9.29. The summed E-state index contributed by atoms with van der Waals surface area (Å²) < 4.78 is 40.3. The Kier molecular flexibility index (Phi) is 8.47. The van der Waals surface area contributed by atoms with Crippen LogP contribution in [-0.2, 0) is 0 Å². The Morgan fingerprint density at radius 1 is 0.292 bits per heavy atom. The summed E-state index contributed by atoms with van der Waals surface area (Å²) in [5.41, 5.74) is 11.2. The molecule has 12 aromatic rings. The lowest BCUT2D eigenvalue weighted by Gasteiger charge is -2.27. The molecule has 0 aliphatic rings. The fraction of sp³-hybridized carbons (Fsp3) is 0. The van der Waals surface area contributed by atoms with Gasteiger partial charge in [0, 0.05) is 50.3 Å². The van der Waals surface area contributed by atoms with Crippen LogP contribution < -0.4 is 9.80 Å². The van der Waals surface area contributed by atoms with Gasteiger partial charge in [-0.25, -0.2) is 0 Å². The number of anilines is 6. The van der Waals surface area contributed by atoms with Gasteiger partial charge in [-0.2, -0.15) is 0 Å². The Labute approximate surface area is 384 Å². The molecular formula is C62H43N3. The first-order valence-electron chi connectivity index (χ1n) is 23.9. The summed E-state index contributed by atoms with van der Waals surface area (Å²) in [6.07, 6.45) is 0. The molecule has 1 aromatic heterocycles. The molecule has 0 N–H and O–H groups in total. The van der Waals surface area contributed by atoms with Gasteiger partial charge < -0.3 is 14.4 Å². The highest BCUT2D eigenvalue weighted by Crippen LogP contribution is 2.43. The smallest absolute Gasteiger partial charge is 0.0645 e. The summed E-state index contributed by atoms with van der Waals surface area (Å²) in [5, 5.41) is 6.17. The number of fused-ring (bicyclic) bond motifs is 5. The lowest BCUT2D eigenvalue weighted by molar-refractivity contribution is 1.18. The second kappa shape index (κ2) is 16.2. The van der Waals surface area contributed by atoms with E-state index in [1.54, 1.807) is 0 Å². The van der Waals surface area contributed by atoms with Crippen molar-refractivity contribution < 1.29 is 5.48 Å². The number of rotatable bonds is 9. The quantitative estimate of drug-likeness (QED) is 0.144. The molecule has 0 saturated carbocycles. The van der Waals surface area contributed by atoms with E-state index in [1.165, 1.54) is 5.39 Å². The monoisotopic (exact) mass is 833 g/mol. The Balaban J connectivity index is 0.972. The molecule has 0 spiro atoms. The minimum Gasteiger partial charge on any atom is -0.310 e.